The second-order valence-corrected chi connectivity index (χ2v) is 5.93. The third-order valence-electron chi connectivity index (χ3n) is 4.38. The van der Waals surface area contributed by atoms with E-state index in [0.29, 0.717) is 19.5 Å². The number of amides is 1. The number of carbonyl (C=O) groups excluding carboxylic acids is 1. The number of carbonyl (C=O) groups is 1. The largest absolute Gasteiger partial charge is 0.335 e. The molecule has 0 atom stereocenters. The maximum Gasteiger partial charge on any atom is 0.225 e. The van der Waals surface area contributed by atoms with Crippen LogP contribution in [0, 0.1) is 0 Å². The molecule has 4 heterocycles. The average Bonchev–Trinajstić information content (AvgIpc) is 3.08. The fraction of sp³-hybridized carbons (Fsp3) is 0.533. The lowest BCUT2D eigenvalue weighted by molar-refractivity contribution is -0.128. The molecule has 0 bridgehead atoms. The lowest BCUT2D eigenvalue weighted by Crippen LogP contribution is -2.26. The van der Waals surface area contributed by atoms with Gasteiger partial charge in [-0.15, -0.1) is 10.2 Å². The third-order valence-corrected chi connectivity index (χ3v) is 4.38. The lowest BCUT2D eigenvalue weighted by Gasteiger charge is -2.18. The van der Waals surface area contributed by atoms with Crippen molar-refractivity contribution in [1.29, 1.82) is 0 Å². The molecule has 0 spiro atoms. The van der Waals surface area contributed by atoms with Gasteiger partial charge in [-0.05, 0) is 18.9 Å². The zero-order chi connectivity index (χ0) is 15.6. The molecule has 1 saturated heterocycles. The number of nitrogens with zero attached hydrogens (tertiary/aromatic N) is 7. The molecule has 23 heavy (non-hydrogen) atoms. The smallest absolute Gasteiger partial charge is 0.225 e. The van der Waals surface area contributed by atoms with Crippen molar-refractivity contribution < 1.29 is 4.79 Å². The van der Waals surface area contributed by atoms with Gasteiger partial charge >= 0.3 is 0 Å². The van der Waals surface area contributed by atoms with E-state index in [1.807, 2.05) is 11.0 Å². The Labute approximate surface area is 134 Å². The van der Waals surface area contributed by atoms with Crippen LogP contribution in [0.4, 0.5) is 5.95 Å². The van der Waals surface area contributed by atoms with Crippen LogP contribution in [0.25, 0.3) is 0 Å². The Morgan fingerprint density at radius 2 is 1.91 bits per heavy atom. The normalized spacial score (nSPS) is 18.2. The van der Waals surface area contributed by atoms with Gasteiger partial charge in [0.2, 0.25) is 11.9 Å². The highest BCUT2D eigenvalue weighted by Gasteiger charge is 2.25. The first kappa shape index (κ1) is 14.1. The number of aromatic nitrogens is 5. The Bertz CT molecular complexity index is 699. The van der Waals surface area contributed by atoms with Gasteiger partial charge in [0.1, 0.15) is 0 Å². The molecular weight excluding hydrogens is 294 g/mol. The van der Waals surface area contributed by atoms with Crippen molar-refractivity contribution in [2.75, 3.05) is 18.0 Å². The Morgan fingerprint density at radius 3 is 2.70 bits per heavy atom. The number of rotatable bonds is 3. The first-order valence-corrected chi connectivity index (χ1v) is 8.02. The van der Waals surface area contributed by atoms with E-state index in [1.165, 1.54) is 0 Å². The van der Waals surface area contributed by atoms with Gasteiger partial charge in [-0.25, -0.2) is 9.97 Å². The van der Waals surface area contributed by atoms with Crippen molar-refractivity contribution in [2.45, 2.75) is 38.9 Å². The molecule has 0 unspecified atom stereocenters. The van der Waals surface area contributed by atoms with Crippen molar-refractivity contribution in [1.82, 2.24) is 29.6 Å². The molecule has 4 rings (SSSR count). The summed E-state index contributed by atoms with van der Waals surface area (Å²) < 4.78 is 2.15. The van der Waals surface area contributed by atoms with Crippen LogP contribution in [0.3, 0.4) is 0 Å². The van der Waals surface area contributed by atoms with Crippen LogP contribution >= 0.6 is 0 Å². The maximum absolute atomic E-state index is 11.8. The van der Waals surface area contributed by atoms with Crippen molar-refractivity contribution in [2.24, 2.45) is 0 Å². The standard InChI is InChI=1S/C15H19N7O/c23-14-4-1-7-20(14)10-12-18-19-13-11-21(8-3-9-22(12)13)15-16-5-2-6-17-15/h2,5-6H,1,3-4,7-11H2. The summed E-state index contributed by atoms with van der Waals surface area (Å²) in [5.74, 6) is 2.73. The lowest BCUT2D eigenvalue weighted by atomic mass is 10.4. The molecule has 1 amide bonds. The molecule has 2 aliphatic heterocycles. The zero-order valence-electron chi connectivity index (χ0n) is 12.9. The average molecular weight is 313 g/mol. The summed E-state index contributed by atoms with van der Waals surface area (Å²) in [4.78, 5) is 24.5. The Morgan fingerprint density at radius 1 is 1.04 bits per heavy atom. The van der Waals surface area contributed by atoms with E-state index in [4.69, 9.17) is 0 Å². The molecule has 2 aliphatic rings. The molecule has 0 saturated carbocycles. The zero-order valence-corrected chi connectivity index (χ0v) is 12.9. The molecular formula is C15H19N7O. The maximum atomic E-state index is 11.8. The van der Waals surface area contributed by atoms with Gasteiger partial charge in [0.15, 0.2) is 11.6 Å². The highest BCUT2D eigenvalue weighted by Crippen LogP contribution is 2.19. The molecule has 2 aromatic rings. The highest BCUT2D eigenvalue weighted by atomic mass is 16.2. The summed E-state index contributed by atoms with van der Waals surface area (Å²) in [6.45, 7) is 3.78. The fourth-order valence-electron chi connectivity index (χ4n) is 3.20. The summed E-state index contributed by atoms with van der Waals surface area (Å²) in [6.07, 6.45) is 6.08. The topological polar surface area (TPSA) is 80.0 Å². The second-order valence-electron chi connectivity index (χ2n) is 5.93. The molecule has 0 N–H and O–H groups in total. The first-order chi connectivity index (χ1) is 11.3. The third kappa shape index (κ3) is 2.76. The molecule has 0 aliphatic carbocycles. The molecule has 2 aromatic heterocycles. The minimum absolute atomic E-state index is 0.218. The fourth-order valence-corrected chi connectivity index (χ4v) is 3.20. The summed E-state index contributed by atoms with van der Waals surface area (Å²) in [6, 6.07) is 1.81. The van der Waals surface area contributed by atoms with Gasteiger partial charge in [0, 0.05) is 38.4 Å². The van der Waals surface area contributed by atoms with Crippen LogP contribution < -0.4 is 4.90 Å². The van der Waals surface area contributed by atoms with E-state index < -0.39 is 0 Å². The summed E-state index contributed by atoms with van der Waals surface area (Å²) in [5, 5.41) is 8.65. The number of hydrogen-bond acceptors (Lipinski definition) is 6. The van der Waals surface area contributed by atoms with Crippen LogP contribution in [-0.2, 0) is 24.4 Å². The van der Waals surface area contributed by atoms with Gasteiger partial charge in [-0.2, -0.15) is 0 Å². The van der Waals surface area contributed by atoms with Gasteiger partial charge in [-0.3, -0.25) is 4.79 Å². The van der Waals surface area contributed by atoms with Gasteiger partial charge in [0.05, 0.1) is 13.1 Å². The molecule has 8 nitrogen and oxygen atoms in total. The molecule has 8 heteroatoms. The monoisotopic (exact) mass is 313 g/mol. The van der Waals surface area contributed by atoms with E-state index in [1.54, 1.807) is 12.4 Å². The van der Waals surface area contributed by atoms with E-state index >= 15 is 0 Å². The Hall–Kier alpha value is -2.51. The molecule has 0 radical (unpaired) electrons. The second kappa shape index (κ2) is 5.94. The van der Waals surface area contributed by atoms with Gasteiger partial charge < -0.3 is 14.4 Å². The van der Waals surface area contributed by atoms with Crippen LogP contribution in [0.15, 0.2) is 18.5 Å². The number of likely N-dealkylation sites (tertiary alicyclic amines) is 1. The van der Waals surface area contributed by atoms with E-state index in [-0.39, 0.29) is 5.91 Å². The van der Waals surface area contributed by atoms with Crippen LogP contribution in [-0.4, -0.2) is 48.6 Å². The Balaban J connectivity index is 1.54. The van der Waals surface area contributed by atoms with Gasteiger partial charge in [0.25, 0.3) is 0 Å². The van der Waals surface area contributed by atoms with Crippen molar-refractivity contribution in [3.63, 3.8) is 0 Å². The summed E-state index contributed by atoms with van der Waals surface area (Å²) in [5.41, 5.74) is 0. The number of hydrogen-bond donors (Lipinski definition) is 0. The van der Waals surface area contributed by atoms with Crippen LogP contribution in [0.1, 0.15) is 30.9 Å². The van der Waals surface area contributed by atoms with E-state index in [0.717, 1.165) is 50.1 Å². The summed E-state index contributed by atoms with van der Waals surface area (Å²) in [7, 11) is 0. The Kier molecular flexibility index (Phi) is 3.64. The van der Waals surface area contributed by atoms with Crippen molar-refractivity contribution >= 4 is 11.9 Å². The highest BCUT2D eigenvalue weighted by molar-refractivity contribution is 5.77. The molecule has 1 fully saturated rings. The van der Waals surface area contributed by atoms with Crippen molar-refractivity contribution in [3.05, 3.63) is 30.1 Å². The van der Waals surface area contributed by atoms with Gasteiger partial charge in [-0.1, -0.05) is 0 Å². The number of anilines is 1. The first-order valence-electron chi connectivity index (χ1n) is 8.02. The minimum atomic E-state index is 0.218. The minimum Gasteiger partial charge on any atom is -0.335 e. The predicted octanol–water partition coefficient (Wildman–Crippen LogP) is 0.601. The van der Waals surface area contributed by atoms with E-state index in [9.17, 15) is 4.79 Å². The van der Waals surface area contributed by atoms with E-state index in [2.05, 4.69) is 29.6 Å². The van der Waals surface area contributed by atoms with Crippen molar-refractivity contribution in [3.8, 4) is 0 Å². The molecule has 0 aromatic carbocycles. The quantitative estimate of drug-likeness (QED) is 0.825. The predicted molar refractivity (Wildman–Crippen MR) is 82.4 cm³/mol. The SMILES string of the molecule is O=C1CCCN1Cc1nnc2n1CCCN(c1ncccn1)C2. The summed E-state index contributed by atoms with van der Waals surface area (Å²) >= 11 is 0. The van der Waals surface area contributed by atoms with Crippen LogP contribution in [0.5, 0.6) is 0 Å². The number of fused-ring (bicyclic) bond motifs is 1. The van der Waals surface area contributed by atoms with Crippen LogP contribution in [0.2, 0.25) is 0 Å². The molecule has 120 valence electrons.